The maximum Gasteiger partial charge on any atom is 0.250 e. The molecule has 1 aromatic carbocycles. The molecule has 4 atom stereocenters. The van der Waals surface area contributed by atoms with Gasteiger partial charge in [-0.1, -0.05) is 29.4 Å². The van der Waals surface area contributed by atoms with Crippen LogP contribution in [0, 0.1) is 11.8 Å². The van der Waals surface area contributed by atoms with Crippen molar-refractivity contribution < 1.29 is 4.74 Å². The number of pyridine rings is 1. The molecule has 5 rings (SSSR count). The third kappa shape index (κ3) is 3.55. The third-order valence-corrected chi connectivity index (χ3v) is 6.15. The van der Waals surface area contributed by atoms with Crippen molar-refractivity contribution in [2.45, 2.75) is 25.0 Å². The number of para-hydroxylation sites is 1. The first-order chi connectivity index (χ1) is 14.3. The molecule has 1 aliphatic carbocycles. The van der Waals surface area contributed by atoms with E-state index in [1.54, 1.807) is 7.11 Å². The van der Waals surface area contributed by atoms with E-state index in [9.17, 15) is 0 Å². The lowest BCUT2D eigenvalue weighted by molar-refractivity contribution is 0.0305. The maximum atomic E-state index is 5.85. The van der Waals surface area contributed by atoms with Gasteiger partial charge in [-0.05, 0) is 59.4 Å². The number of methoxy groups -OCH3 is 1. The number of nitrogens with zero attached hydrogens (tertiary/aromatic N) is 6. The Kier molecular flexibility index (Phi) is 4.85. The number of benzene rings is 1. The quantitative estimate of drug-likeness (QED) is 0.715. The minimum atomic E-state index is 0.170. The molecule has 0 unspecified atom stereocenters. The minimum Gasteiger partial charge on any atom is -0.379 e. The second-order valence-corrected chi connectivity index (χ2v) is 7.86. The summed E-state index contributed by atoms with van der Waals surface area (Å²) in [6.45, 7) is 1.91. The number of ether oxygens (including phenoxy) is 1. The van der Waals surface area contributed by atoms with Crippen molar-refractivity contribution in [3.8, 4) is 5.69 Å². The monoisotopic (exact) mass is 391 g/mol. The van der Waals surface area contributed by atoms with Gasteiger partial charge in [0.05, 0.1) is 17.8 Å². The average molecular weight is 391 g/mol. The Morgan fingerprint density at radius 2 is 1.79 bits per heavy atom. The highest BCUT2D eigenvalue weighted by atomic mass is 16.5. The number of aromatic nitrogens is 5. The Morgan fingerprint density at radius 3 is 2.55 bits per heavy atom. The zero-order chi connectivity index (χ0) is 19.6. The van der Waals surface area contributed by atoms with Crippen LogP contribution >= 0.6 is 0 Å². The van der Waals surface area contributed by atoms with E-state index in [1.165, 1.54) is 0 Å². The van der Waals surface area contributed by atoms with Crippen LogP contribution in [0.15, 0.2) is 54.7 Å². The molecule has 2 aliphatic rings. The Hall–Kier alpha value is -3.00. The van der Waals surface area contributed by atoms with Crippen molar-refractivity contribution in [2.75, 3.05) is 30.4 Å². The molecule has 150 valence electrons. The summed E-state index contributed by atoms with van der Waals surface area (Å²) >= 11 is 0. The smallest absolute Gasteiger partial charge is 0.250 e. The van der Waals surface area contributed by atoms with E-state index in [1.807, 2.05) is 59.4 Å². The van der Waals surface area contributed by atoms with Gasteiger partial charge in [-0.25, -0.2) is 4.98 Å². The lowest BCUT2D eigenvalue weighted by Crippen LogP contribution is -2.44. The summed E-state index contributed by atoms with van der Waals surface area (Å²) in [5.74, 6) is 2.86. The Bertz CT molecular complexity index is 932. The molecule has 1 aliphatic heterocycles. The number of hydrogen-bond donors (Lipinski definition) is 1. The van der Waals surface area contributed by atoms with E-state index < -0.39 is 0 Å². The fourth-order valence-electron chi connectivity index (χ4n) is 4.74. The van der Waals surface area contributed by atoms with Crippen molar-refractivity contribution in [1.82, 2.24) is 25.2 Å². The summed E-state index contributed by atoms with van der Waals surface area (Å²) in [6.07, 6.45) is 4.05. The molecule has 2 aromatic heterocycles. The van der Waals surface area contributed by atoms with Gasteiger partial charge in [-0.3, -0.25) is 0 Å². The highest BCUT2D eigenvalue weighted by Gasteiger charge is 2.43. The molecule has 0 amide bonds. The standard InChI is InChI=1S/C21H25N7O/c1-29-19-12-16-14-27(21-24-25-26-28(21)17-7-3-2-4-8-17)13-15(16)11-18(19)23-20-9-5-6-10-22-20/h2-10,15-16,18-19H,11-14H2,1H3,(H,22,23)/t15-,16+,18-,19-/m1/s1. The molecule has 1 saturated heterocycles. The molecule has 0 spiro atoms. The van der Waals surface area contributed by atoms with Crippen LogP contribution in [0.2, 0.25) is 0 Å². The summed E-state index contributed by atoms with van der Waals surface area (Å²) < 4.78 is 7.68. The second kappa shape index (κ2) is 7.79. The molecular weight excluding hydrogens is 366 g/mol. The maximum absolute atomic E-state index is 5.85. The van der Waals surface area contributed by atoms with Crippen LogP contribution in [0.1, 0.15) is 12.8 Å². The van der Waals surface area contributed by atoms with Gasteiger partial charge in [0.1, 0.15) is 5.82 Å². The normalized spacial score (nSPS) is 26.3. The average Bonchev–Trinajstić information content (AvgIpc) is 3.41. The van der Waals surface area contributed by atoms with Crippen molar-refractivity contribution in [1.29, 1.82) is 0 Å². The van der Waals surface area contributed by atoms with Crippen LogP contribution in [0.5, 0.6) is 0 Å². The minimum absolute atomic E-state index is 0.170. The number of nitrogens with one attached hydrogen (secondary N) is 1. The summed E-state index contributed by atoms with van der Waals surface area (Å²) in [5.41, 5.74) is 0.979. The largest absolute Gasteiger partial charge is 0.379 e. The molecule has 1 N–H and O–H groups in total. The Balaban J connectivity index is 1.33. The van der Waals surface area contributed by atoms with Gasteiger partial charge < -0.3 is 15.0 Å². The lowest BCUT2D eigenvalue weighted by atomic mass is 9.77. The van der Waals surface area contributed by atoms with Crippen molar-refractivity contribution in [3.63, 3.8) is 0 Å². The van der Waals surface area contributed by atoms with Crippen LogP contribution in [0.25, 0.3) is 5.69 Å². The third-order valence-electron chi connectivity index (χ3n) is 6.15. The number of rotatable bonds is 5. The van der Waals surface area contributed by atoms with E-state index in [0.717, 1.165) is 43.4 Å². The zero-order valence-electron chi connectivity index (χ0n) is 16.4. The summed E-state index contributed by atoms with van der Waals surface area (Å²) in [4.78, 5) is 6.74. The molecule has 29 heavy (non-hydrogen) atoms. The van der Waals surface area contributed by atoms with Gasteiger partial charge in [0.15, 0.2) is 0 Å². The summed E-state index contributed by atoms with van der Waals surface area (Å²) in [7, 11) is 1.81. The molecule has 0 radical (unpaired) electrons. The molecule has 8 heteroatoms. The van der Waals surface area contributed by atoms with Crippen LogP contribution < -0.4 is 10.2 Å². The van der Waals surface area contributed by atoms with Crippen LogP contribution in [0.4, 0.5) is 11.8 Å². The zero-order valence-corrected chi connectivity index (χ0v) is 16.4. The molecule has 3 aromatic rings. The second-order valence-electron chi connectivity index (χ2n) is 7.86. The fourth-order valence-corrected chi connectivity index (χ4v) is 4.74. The van der Waals surface area contributed by atoms with Gasteiger partial charge >= 0.3 is 0 Å². The summed E-state index contributed by atoms with van der Waals surface area (Å²) in [6, 6.07) is 16.2. The van der Waals surface area contributed by atoms with Gasteiger partial charge in [0.25, 0.3) is 0 Å². The molecule has 8 nitrogen and oxygen atoms in total. The Morgan fingerprint density at radius 1 is 1.00 bits per heavy atom. The predicted molar refractivity (Wildman–Crippen MR) is 110 cm³/mol. The Labute approximate surface area is 169 Å². The van der Waals surface area contributed by atoms with E-state index >= 15 is 0 Å². The first kappa shape index (κ1) is 18.1. The molecular formula is C21H25N7O. The number of fused-ring (bicyclic) bond motifs is 1. The SMILES string of the molecule is CO[C@@H]1C[C@H]2CN(c3nnnn3-c3ccccc3)C[C@H]2C[C@H]1Nc1ccccn1. The van der Waals surface area contributed by atoms with E-state index in [0.29, 0.717) is 11.8 Å². The van der Waals surface area contributed by atoms with Gasteiger partial charge in [0.2, 0.25) is 5.95 Å². The van der Waals surface area contributed by atoms with Crippen LogP contribution in [-0.2, 0) is 4.74 Å². The van der Waals surface area contributed by atoms with Gasteiger partial charge in [-0.2, -0.15) is 4.68 Å². The van der Waals surface area contributed by atoms with Gasteiger partial charge in [0, 0.05) is 26.4 Å². The van der Waals surface area contributed by atoms with Crippen molar-refractivity contribution >= 4 is 11.8 Å². The first-order valence-corrected chi connectivity index (χ1v) is 10.1. The number of tetrazole rings is 1. The van der Waals surface area contributed by atoms with Crippen molar-refractivity contribution in [2.24, 2.45) is 11.8 Å². The lowest BCUT2D eigenvalue weighted by Gasteiger charge is -2.37. The fraction of sp³-hybridized carbons (Fsp3) is 0.429. The highest BCUT2D eigenvalue weighted by molar-refractivity contribution is 5.42. The number of anilines is 2. The molecule has 0 bridgehead atoms. The topological polar surface area (TPSA) is 81.0 Å². The van der Waals surface area contributed by atoms with Crippen LogP contribution in [0.3, 0.4) is 0 Å². The van der Waals surface area contributed by atoms with E-state index in [2.05, 4.69) is 30.7 Å². The molecule has 2 fully saturated rings. The predicted octanol–water partition coefficient (Wildman–Crippen LogP) is 2.40. The van der Waals surface area contributed by atoms with Crippen molar-refractivity contribution in [3.05, 3.63) is 54.7 Å². The first-order valence-electron chi connectivity index (χ1n) is 10.1. The molecule has 3 heterocycles. The highest BCUT2D eigenvalue weighted by Crippen LogP contribution is 2.39. The van der Waals surface area contributed by atoms with E-state index in [-0.39, 0.29) is 12.1 Å². The van der Waals surface area contributed by atoms with E-state index in [4.69, 9.17) is 4.74 Å². The number of hydrogen-bond acceptors (Lipinski definition) is 7. The van der Waals surface area contributed by atoms with Gasteiger partial charge in [-0.15, -0.1) is 0 Å². The van der Waals surface area contributed by atoms with Crippen LogP contribution in [-0.4, -0.2) is 57.5 Å². The summed E-state index contributed by atoms with van der Waals surface area (Å²) in [5, 5.41) is 16.1. The molecule has 1 saturated carbocycles.